The summed E-state index contributed by atoms with van der Waals surface area (Å²) in [5.41, 5.74) is 4.98. The van der Waals surface area contributed by atoms with Crippen molar-refractivity contribution in [3.8, 4) is 5.88 Å². The second-order valence-electron chi connectivity index (χ2n) is 7.31. The first-order valence-corrected chi connectivity index (χ1v) is 9.07. The molecular formula is C18H22N4O4. The van der Waals surface area contributed by atoms with Gasteiger partial charge in [-0.3, -0.25) is 14.5 Å². The van der Waals surface area contributed by atoms with Crippen molar-refractivity contribution in [2.75, 3.05) is 0 Å². The Hall–Kier alpha value is -2.64. The van der Waals surface area contributed by atoms with E-state index in [1.54, 1.807) is 18.3 Å². The normalized spacial score (nSPS) is 27.2. The highest BCUT2D eigenvalue weighted by Gasteiger charge is 2.56. The van der Waals surface area contributed by atoms with Crippen molar-refractivity contribution in [1.82, 2.24) is 15.2 Å². The number of hydrogen-bond donors (Lipinski definition) is 2. The number of pyridine rings is 1. The highest BCUT2D eigenvalue weighted by molar-refractivity contribution is 6.07. The Balaban J connectivity index is 1.38. The third-order valence-electron chi connectivity index (χ3n) is 5.72. The third-order valence-corrected chi connectivity index (χ3v) is 5.72. The quantitative estimate of drug-likeness (QED) is 0.788. The average Bonchev–Trinajstić information content (AvgIpc) is 2.87. The number of rotatable bonds is 4. The zero-order valence-corrected chi connectivity index (χ0v) is 14.4. The molecule has 1 spiro atoms. The number of primary amides is 1. The lowest BCUT2D eigenvalue weighted by Crippen LogP contribution is -2.53. The highest BCUT2D eigenvalue weighted by atomic mass is 16.5. The first-order valence-electron chi connectivity index (χ1n) is 9.07. The molecule has 1 aromatic rings. The first-order chi connectivity index (χ1) is 12.5. The molecule has 2 heterocycles. The van der Waals surface area contributed by atoms with Crippen LogP contribution in [0.2, 0.25) is 0 Å². The van der Waals surface area contributed by atoms with Gasteiger partial charge >= 0.3 is 6.03 Å². The van der Waals surface area contributed by atoms with Crippen LogP contribution in [0.15, 0.2) is 18.3 Å². The van der Waals surface area contributed by atoms with Gasteiger partial charge in [0.1, 0.15) is 17.2 Å². The lowest BCUT2D eigenvalue weighted by molar-refractivity contribution is -0.136. The van der Waals surface area contributed by atoms with Crippen LogP contribution in [-0.2, 0) is 4.79 Å². The fraction of sp³-hybridized carbons (Fsp3) is 0.556. The van der Waals surface area contributed by atoms with Gasteiger partial charge in [0.25, 0.3) is 11.8 Å². The maximum Gasteiger partial charge on any atom is 0.325 e. The maximum atomic E-state index is 12.7. The number of imide groups is 1. The summed E-state index contributed by atoms with van der Waals surface area (Å²) in [6.45, 7) is 0. The van der Waals surface area contributed by atoms with Crippen molar-refractivity contribution in [2.45, 2.75) is 62.6 Å². The molecule has 0 bridgehead atoms. The number of hydrogen-bond acceptors (Lipinski definition) is 5. The Kier molecular flexibility index (Phi) is 4.05. The van der Waals surface area contributed by atoms with Gasteiger partial charge in [-0.1, -0.05) is 0 Å². The fourth-order valence-corrected chi connectivity index (χ4v) is 4.09. The van der Waals surface area contributed by atoms with Crippen molar-refractivity contribution >= 4 is 17.8 Å². The van der Waals surface area contributed by atoms with Gasteiger partial charge in [-0.2, -0.15) is 0 Å². The van der Waals surface area contributed by atoms with E-state index in [0.29, 0.717) is 25.7 Å². The van der Waals surface area contributed by atoms with E-state index in [1.807, 2.05) is 0 Å². The number of nitrogens with zero attached hydrogens (tertiary/aromatic N) is 2. The van der Waals surface area contributed by atoms with Gasteiger partial charge in [-0.25, -0.2) is 9.78 Å². The van der Waals surface area contributed by atoms with E-state index < -0.39 is 11.4 Å². The van der Waals surface area contributed by atoms with Gasteiger partial charge in [-0.05, 0) is 57.1 Å². The number of amides is 4. The van der Waals surface area contributed by atoms with Gasteiger partial charge in [-0.15, -0.1) is 0 Å². The van der Waals surface area contributed by atoms with Gasteiger partial charge in [0.05, 0.1) is 0 Å². The standard InChI is InChI=1S/C18H22N4O4/c19-14(23)13-3-1-10-20-15(13)26-12-6-4-11(5-7-12)22-16(24)18(8-2-9-18)21-17(22)25/h1,3,10-12H,2,4-9H2,(H2,19,23)(H,21,25)/t11-,12-. The molecule has 26 heavy (non-hydrogen) atoms. The molecule has 0 unspecified atom stereocenters. The summed E-state index contributed by atoms with van der Waals surface area (Å²) in [7, 11) is 0. The van der Waals surface area contributed by atoms with Crippen molar-refractivity contribution in [3.63, 3.8) is 0 Å². The monoisotopic (exact) mass is 358 g/mol. The molecule has 3 N–H and O–H groups in total. The summed E-state index contributed by atoms with van der Waals surface area (Å²) in [6, 6.07) is 2.86. The van der Waals surface area contributed by atoms with Gasteiger partial charge in [0, 0.05) is 12.2 Å². The SMILES string of the molecule is NC(=O)c1cccnc1O[C@H]1CC[C@H](N2C(=O)NC3(CCC3)C2=O)CC1. The van der Waals surface area contributed by atoms with Crippen LogP contribution in [0.25, 0.3) is 0 Å². The molecule has 8 heteroatoms. The van der Waals surface area contributed by atoms with E-state index in [-0.39, 0.29) is 35.5 Å². The summed E-state index contributed by atoms with van der Waals surface area (Å²) in [6.07, 6.45) is 6.62. The Morgan fingerprint density at radius 1 is 1.27 bits per heavy atom. The van der Waals surface area contributed by atoms with Crippen LogP contribution in [0.3, 0.4) is 0 Å². The molecular weight excluding hydrogens is 336 g/mol. The minimum Gasteiger partial charge on any atom is -0.474 e. The molecule has 0 atom stereocenters. The molecule has 4 amide bonds. The molecule has 3 aliphatic rings. The Morgan fingerprint density at radius 3 is 2.58 bits per heavy atom. The molecule has 138 valence electrons. The van der Waals surface area contributed by atoms with Crippen LogP contribution in [-0.4, -0.2) is 45.4 Å². The maximum absolute atomic E-state index is 12.7. The zero-order chi connectivity index (χ0) is 18.3. The number of carbonyl (C=O) groups is 3. The number of nitrogens with one attached hydrogen (secondary N) is 1. The van der Waals surface area contributed by atoms with E-state index in [9.17, 15) is 14.4 Å². The van der Waals surface area contributed by atoms with Crippen molar-refractivity contribution in [1.29, 1.82) is 0 Å². The largest absolute Gasteiger partial charge is 0.474 e. The third kappa shape index (κ3) is 2.69. The smallest absolute Gasteiger partial charge is 0.325 e. The molecule has 4 rings (SSSR count). The molecule has 1 aromatic heterocycles. The van der Waals surface area contributed by atoms with E-state index in [1.165, 1.54) is 4.90 Å². The number of ether oxygens (including phenoxy) is 1. The summed E-state index contributed by atoms with van der Waals surface area (Å²) < 4.78 is 5.87. The van der Waals surface area contributed by atoms with E-state index >= 15 is 0 Å². The molecule has 3 fully saturated rings. The summed E-state index contributed by atoms with van der Waals surface area (Å²) >= 11 is 0. The van der Waals surface area contributed by atoms with Crippen LogP contribution in [0.4, 0.5) is 4.79 Å². The van der Waals surface area contributed by atoms with Gasteiger partial charge < -0.3 is 15.8 Å². The molecule has 1 aliphatic heterocycles. The van der Waals surface area contributed by atoms with Crippen LogP contribution >= 0.6 is 0 Å². The Bertz CT molecular complexity index is 753. The minimum absolute atomic E-state index is 0.0705. The Morgan fingerprint density at radius 2 is 2.00 bits per heavy atom. The number of nitrogens with two attached hydrogens (primary N) is 1. The molecule has 2 saturated carbocycles. The predicted octanol–water partition coefficient (Wildman–Crippen LogP) is 1.34. The minimum atomic E-state index is -0.630. The first kappa shape index (κ1) is 16.8. The molecule has 1 saturated heterocycles. The summed E-state index contributed by atoms with van der Waals surface area (Å²) in [4.78, 5) is 41.9. The van der Waals surface area contributed by atoms with Crippen molar-refractivity contribution in [3.05, 3.63) is 23.9 Å². The van der Waals surface area contributed by atoms with Crippen LogP contribution in [0.5, 0.6) is 5.88 Å². The summed E-state index contributed by atoms with van der Waals surface area (Å²) in [5, 5.41) is 2.88. The lowest BCUT2D eigenvalue weighted by atomic mass is 9.76. The van der Waals surface area contributed by atoms with Crippen LogP contribution < -0.4 is 15.8 Å². The Labute approximate surface area is 151 Å². The predicted molar refractivity (Wildman–Crippen MR) is 91.4 cm³/mol. The zero-order valence-electron chi connectivity index (χ0n) is 14.4. The molecule has 0 radical (unpaired) electrons. The van der Waals surface area contributed by atoms with E-state index in [2.05, 4.69) is 10.3 Å². The van der Waals surface area contributed by atoms with Gasteiger partial charge in [0.2, 0.25) is 5.88 Å². The average molecular weight is 358 g/mol. The second kappa shape index (κ2) is 6.26. The van der Waals surface area contributed by atoms with Crippen molar-refractivity contribution in [2.24, 2.45) is 5.73 Å². The summed E-state index contributed by atoms with van der Waals surface area (Å²) in [5.74, 6) is -0.405. The molecule has 0 aromatic carbocycles. The fourth-order valence-electron chi connectivity index (χ4n) is 4.09. The van der Waals surface area contributed by atoms with E-state index in [0.717, 1.165) is 19.3 Å². The number of carbonyl (C=O) groups excluding carboxylic acids is 3. The molecule has 8 nitrogen and oxygen atoms in total. The van der Waals surface area contributed by atoms with Crippen molar-refractivity contribution < 1.29 is 19.1 Å². The van der Waals surface area contributed by atoms with Crippen LogP contribution in [0, 0.1) is 0 Å². The highest BCUT2D eigenvalue weighted by Crippen LogP contribution is 2.39. The second-order valence-corrected chi connectivity index (χ2v) is 7.31. The number of aromatic nitrogens is 1. The van der Waals surface area contributed by atoms with E-state index in [4.69, 9.17) is 10.5 Å². The number of urea groups is 1. The van der Waals surface area contributed by atoms with Gasteiger partial charge in [0.15, 0.2) is 0 Å². The topological polar surface area (TPSA) is 115 Å². The van der Waals surface area contributed by atoms with Crippen LogP contribution in [0.1, 0.15) is 55.3 Å². The molecule has 2 aliphatic carbocycles. The lowest BCUT2D eigenvalue weighted by Gasteiger charge is -2.37.